The quantitative estimate of drug-likeness (QED) is 0.528. The first-order valence-corrected chi connectivity index (χ1v) is 3.29. The molecule has 0 aliphatic carbocycles. The van der Waals surface area contributed by atoms with E-state index in [-0.39, 0.29) is 6.17 Å². The van der Waals surface area contributed by atoms with Gasteiger partial charge in [-0.3, -0.25) is 9.98 Å². The van der Waals surface area contributed by atoms with Gasteiger partial charge in [-0.2, -0.15) is 0 Å². The normalized spacial score (nSPS) is 19.4. The molecule has 0 amide bonds. The fraction of sp³-hybridized carbons (Fsp3) is 0.600. The summed E-state index contributed by atoms with van der Waals surface area (Å²) in [6.07, 6.45) is 2.86. The van der Waals surface area contributed by atoms with Crippen LogP contribution in [0.5, 0.6) is 0 Å². The molecule has 0 aromatic heterocycles. The van der Waals surface area contributed by atoms with Crippen LogP contribution in [-0.4, -0.2) is 22.9 Å². The number of hydrogen-bond donors (Lipinski definition) is 0. The van der Waals surface area contributed by atoms with Gasteiger partial charge in [-0.1, -0.05) is 23.2 Å². The lowest BCUT2D eigenvalue weighted by Gasteiger charge is -2.15. The maximum absolute atomic E-state index is 5.68. The highest BCUT2D eigenvalue weighted by molar-refractivity contribution is 6.48. The van der Waals surface area contributed by atoms with E-state index in [1.54, 1.807) is 19.4 Å². The molecule has 0 N–H and O–H groups in total. The lowest BCUT2D eigenvalue weighted by molar-refractivity contribution is 0.662. The fourth-order valence-electron chi connectivity index (χ4n) is 0.540. The van der Waals surface area contributed by atoms with Crippen LogP contribution >= 0.6 is 23.2 Å². The van der Waals surface area contributed by atoms with Crippen LogP contribution in [-0.2, 0) is 0 Å². The van der Waals surface area contributed by atoms with Gasteiger partial charge in [0.1, 0.15) is 0 Å². The Hall–Kier alpha value is -0.0800. The van der Waals surface area contributed by atoms with Crippen molar-refractivity contribution in [2.24, 2.45) is 9.98 Å². The van der Waals surface area contributed by atoms with Gasteiger partial charge >= 0.3 is 0 Å². The zero-order chi connectivity index (χ0) is 6.91. The highest BCUT2D eigenvalue weighted by Gasteiger charge is 2.29. The minimum atomic E-state index is -0.872. The van der Waals surface area contributed by atoms with E-state index in [9.17, 15) is 0 Å². The molecular weight excluding hydrogens is 159 g/mol. The lowest BCUT2D eigenvalue weighted by Crippen LogP contribution is -2.21. The van der Waals surface area contributed by atoms with Crippen LogP contribution in [0.3, 0.4) is 0 Å². The zero-order valence-corrected chi connectivity index (χ0v) is 6.39. The van der Waals surface area contributed by atoms with Crippen molar-refractivity contribution in [3.8, 4) is 0 Å². The molecule has 1 aliphatic heterocycles. The number of hydrogen-bond acceptors (Lipinski definition) is 2. The maximum atomic E-state index is 5.68. The predicted octanol–water partition coefficient (Wildman–Crippen LogP) is 1.66. The highest BCUT2D eigenvalue weighted by Crippen LogP contribution is 2.28. The summed E-state index contributed by atoms with van der Waals surface area (Å²) in [5, 5.41) is 0. The molecule has 9 heavy (non-hydrogen) atoms. The van der Waals surface area contributed by atoms with Crippen LogP contribution in [0.2, 0.25) is 0 Å². The van der Waals surface area contributed by atoms with Crippen molar-refractivity contribution < 1.29 is 0 Å². The molecule has 4 heteroatoms. The Bertz CT molecular complexity index is 145. The molecule has 0 saturated carbocycles. The van der Waals surface area contributed by atoms with Gasteiger partial charge in [0, 0.05) is 12.4 Å². The van der Waals surface area contributed by atoms with E-state index in [4.69, 9.17) is 23.2 Å². The van der Waals surface area contributed by atoms with Crippen molar-refractivity contribution in [3.05, 3.63) is 0 Å². The molecule has 0 saturated heterocycles. The van der Waals surface area contributed by atoms with Gasteiger partial charge in [-0.25, -0.2) is 0 Å². The highest BCUT2D eigenvalue weighted by atomic mass is 35.5. The van der Waals surface area contributed by atoms with E-state index in [2.05, 4.69) is 9.98 Å². The largest absolute Gasteiger partial charge is 0.262 e. The Balaban J connectivity index is 2.64. The predicted molar refractivity (Wildman–Crippen MR) is 40.9 cm³/mol. The second-order valence-electron chi connectivity index (χ2n) is 1.93. The summed E-state index contributed by atoms with van der Waals surface area (Å²) in [7, 11) is 0. The fourth-order valence-corrected chi connectivity index (χ4v) is 0.766. The molecule has 0 bridgehead atoms. The van der Waals surface area contributed by atoms with Gasteiger partial charge in [-0.15, -0.1) is 0 Å². The van der Waals surface area contributed by atoms with Crippen molar-refractivity contribution in [2.45, 2.75) is 17.4 Å². The lowest BCUT2D eigenvalue weighted by atomic mass is 10.4. The Morgan fingerprint density at radius 2 is 1.78 bits per heavy atom. The summed E-state index contributed by atoms with van der Waals surface area (Å²) < 4.78 is -0.872. The van der Waals surface area contributed by atoms with Crippen LogP contribution < -0.4 is 0 Å². The molecule has 0 fully saturated rings. The van der Waals surface area contributed by atoms with E-state index in [0.29, 0.717) is 0 Å². The van der Waals surface area contributed by atoms with Gasteiger partial charge < -0.3 is 0 Å². The summed E-state index contributed by atoms with van der Waals surface area (Å²) in [5.41, 5.74) is 0. The minimum Gasteiger partial charge on any atom is -0.262 e. The van der Waals surface area contributed by atoms with Crippen LogP contribution in [0.25, 0.3) is 0 Å². The Kier molecular flexibility index (Phi) is 1.78. The molecule has 50 valence electrons. The van der Waals surface area contributed by atoms with Crippen molar-refractivity contribution in [2.75, 3.05) is 0 Å². The van der Waals surface area contributed by atoms with Crippen molar-refractivity contribution in [1.82, 2.24) is 0 Å². The third-order valence-corrected chi connectivity index (χ3v) is 1.36. The molecule has 2 nitrogen and oxygen atoms in total. The summed E-state index contributed by atoms with van der Waals surface area (Å²) in [6.45, 7) is 1.67. The molecule has 0 unspecified atom stereocenters. The number of nitrogens with zero attached hydrogens (tertiary/aromatic N) is 2. The molecule has 1 heterocycles. The average Bonchev–Trinajstić information content (AvgIpc) is 2.08. The van der Waals surface area contributed by atoms with Crippen molar-refractivity contribution in [1.29, 1.82) is 0 Å². The Morgan fingerprint density at radius 1 is 1.33 bits per heavy atom. The molecule has 1 rings (SSSR count). The van der Waals surface area contributed by atoms with Crippen LogP contribution in [0.4, 0.5) is 0 Å². The number of rotatable bonds is 1. The van der Waals surface area contributed by atoms with Crippen molar-refractivity contribution >= 4 is 35.6 Å². The Morgan fingerprint density at radius 3 is 2.00 bits per heavy atom. The molecule has 0 radical (unpaired) electrons. The van der Waals surface area contributed by atoms with Gasteiger partial charge in [-0.05, 0) is 6.92 Å². The van der Waals surface area contributed by atoms with Gasteiger partial charge in [0.2, 0.25) is 0 Å². The van der Waals surface area contributed by atoms with Gasteiger partial charge in [0.05, 0.1) is 0 Å². The smallest absolute Gasteiger partial charge is 0.172 e. The third-order valence-electron chi connectivity index (χ3n) is 0.975. The monoisotopic (exact) mass is 164 g/mol. The van der Waals surface area contributed by atoms with E-state index >= 15 is 0 Å². The van der Waals surface area contributed by atoms with Crippen LogP contribution in [0.1, 0.15) is 6.92 Å². The second-order valence-corrected chi connectivity index (χ2v) is 3.69. The van der Waals surface area contributed by atoms with Crippen LogP contribution in [0.15, 0.2) is 9.98 Å². The summed E-state index contributed by atoms with van der Waals surface area (Å²) in [4.78, 5) is 7.79. The molecule has 1 aliphatic rings. The number of aliphatic imine (C=N–C) groups is 2. The van der Waals surface area contributed by atoms with E-state index < -0.39 is 4.33 Å². The first-order valence-electron chi connectivity index (χ1n) is 2.53. The maximum Gasteiger partial charge on any atom is 0.172 e. The van der Waals surface area contributed by atoms with E-state index in [1.165, 1.54) is 0 Å². The van der Waals surface area contributed by atoms with Crippen molar-refractivity contribution in [3.63, 3.8) is 0 Å². The minimum absolute atomic E-state index is 0.319. The first-order chi connectivity index (χ1) is 4.11. The topological polar surface area (TPSA) is 24.7 Å². The SMILES string of the molecule is CC(Cl)(Cl)C1N=CC=N1. The first kappa shape index (κ1) is 7.03. The van der Waals surface area contributed by atoms with E-state index in [1.807, 2.05) is 0 Å². The second kappa shape index (κ2) is 2.27. The molecular formula is C5H6Cl2N2. The van der Waals surface area contributed by atoms with Crippen LogP contribution in [0, 0.1) is 0 Å². The number of alkyl halides is 2. The molecule has 0 aromatic rings. The van der Waals surface area contributed by atoms with Gasteiger partial charge in [0.25, 0.3) is 0 Å². The standard InChI is InChI=1S/C5H6Cl2N2/c1-5(6,7)4-8-2-3-9-4/h2-4H,1H3. The summed E-state index contributed by atoms with van der Waals surface area (Å²) in [6, 6.07) is 0. The average molecular weight is 165 g/mol. The molecule has 0 aromatic carbocycles. The molecule has 0 spiro atoms. The van der Waals surface area contributed by atoms with Gasteiger partial charge in [0.15, 0.2) is 10.5 Å². The molecule has 0 atom stereocenters. The third kappa shape index (κ3) is 1.66. The van der Waals surface area contributed by atoms with E-state index in [0.717, 1.165) is 0 Å². The number of halogens is 2. The summed E-state index contributed by atoms with van der Waals surface area (Å²) >= 11 is 11.4. The zero-order valence-electron chi connectivity index (χ0n) is 4.88. The Labute approximate surface area is 63.6 Å². The summed E-state index contributed by atoms with van der Waals surface area (Å²) in [5.74, 6) is 0.